The molecule has 0 saturated heterocycles. The summed E-state index contributed by atoms with van der Waals surface area (Å²) in [4.78, 5) is 0. The quantitative estimate of drug-likeness (QED) is 0.586. The zero-order valence-electron chi connectivity index (χ0n) is 9.50. The maximum absolute atomic E-state index is 13.2. The highest BCUT2D eigenvalue weighted by atomic mass is 19.1. The Morgan fingerprint density at radius 1 is 1.29 bits per heavy atom. The Bertz CT molecular complexity index is 387. The summed E-state index contributed by atoms with van der Waals surface area (Å²) < 4.78 is 26.2. The Labute approximate surface area is 98.1 Å². The SMILES string of the molecule is CCC(CO)(CO)Nc1cc(F)cc(F)c1N. The fourth-order valence-corrected chi connectivity index (χ4v) is 1.41. The summed E-state index contributed by atoms with van der Waals surface area (Å²) in [5, 5.41) is 21.1. The van der Waals surface area contributed by atoms with Crippen molar-refractivity contribution in [3.05, 3.63) is 23.8 Å². The van der Waals surface area contributed by atoms with Gasteiger partial charge in [0.2, 0.25) is 0 Å². The molecule has 0 saturated carbocycles. The smallest absolute Gasteiger partial charge is 0.151 e. The van der Waals surface area contributed by atoms with E-state index in [9.17, 15) is 19.0 Å². The Morgan fingerprint density at radius 3 is 2.35 bits per heavy atom. The largest absolute Gasteiger partial charge is 0.395 e. The number of hydrogen-bond donors (Lipinski definition) is 4. The first-order valence-corrected chi connectivity index (χ1v) is 5.22. The number of nitrogens with one attached hydrogen (secondary N) is 1. The zero-order valence-corrected chi connectivity index (χ0v) is 9.50. The lowest BCUT2D eigenvalue weighted by atomic mass is 9.97. The Kier molecular flexibility index (Phi) is 4.25. The minimum absolute atomic E-state index is 0.0208. The molecule has 0 aliphatic rings. The molecule has 0 amide bonds. The van der Waals surface area contributed by atoms with Crippen LogP contribution in [0.4, 0.5) is 20.2 Å². The van der Waals surface area contributed by atoms with Crippen LogP contribution in [0.3, 0.4) is 0 Å². The lowest BCUT2D eigenvalue weighted by Crippen LogP contribution is -2.45. The van der Waals surface area contributed by atoms with Crippen LogP contribution in [-0.4, -0.2) is 29.0 Å². The summed E-state index contributed by atoms with van der Waals surface area (Å²) in [6.45, 7) is 0.973. The number of nitrogens with two attached hydrogens (primary N) is 1. The molecule has 0 spiro atoms. The molecule has 6 heteroatoms. The van der Waals surface area contributed by atoms with Gasteiger partial charge < -0.3 is 21.3 Å². The van der Waals surface area contributed by atoms with Crippen LogP contribution in [0.5, 0.6) is 0 Å². The third-order valence-corrected chi connectivity index (χ3v) is 2.78. The summed E-state index contributed by atoms with van der Waals surface area (Å²) in [6.07, 6.45) is 0.373. The number of aliphatic hydroxyl groups is 2. The molecule has 0 unspecified atom stereocenters. The minimum Gasteiger partial charge on any atom is -0.395 e. The summed E-state index contributed by atoms with van der Waals surface area (Å²) in [5.74, 6) is -1.66. The Hall–Kier alpha value is -1.40. The van der Waals surface area contributed by atoms with E-state index in [1.165, 1.54) is 0 Å². The minimum atomic E-state index is -1.05. The monoisotopic (exact) mass is 246 g/mol. The van der Waals surface area contributed by atoms with Gasteiger partial charge in [-0.3, -0.25) is 0 Å². The number of aliphatic hydroxyl groups excluding tert-OH is 2. The average molecular weight is 246 g/mol. The number of halogens is 2. The molecule has 5 N–H and O–H groups in total. The van der Waals surface area contributed by atoms with Crippen LogP contribution in [0, 0.1) is 11.6 Å². The first-order chi connectivity index (χ1) is 7.98. The van der Waals surface area contributed by atoms with E-state index in [0.29, 0.717) is 12.5 Å². The van der Waals surface area contributed by atoms with E-state index < -0.39 is 17.2 Å². The molecule has 0 heterocycles. The molecular weight excluding hydrogens is 230 g/mol. The molecule has 0 aliphatic carbocycles. The molecule has 0 radical (unpaired) electrons. The van der Waals surface area contributed by atoms with Crippen molar-refractivity contribution in [1.82, 2.24) is 0 Å². The Morgan fingerprint density at radius 2 is 1.88 bits per heavy atom. The normalized spacial score (nSPS) is 11.6. The van der Waals surface area contributed by atoms with Crippen molar-refractivity contribution >= 4 is 11.4 Å². The second-order valence-electron chi connectivity index (χ2n) is 3.92. The Balaban J connectivity index is 3.09. The van der Waals surface area contributed by atoms with E-state index in [2.05, 4.69) is 5.32 Å². The maximum Gasteiger partial charge on any atom is 0.151 e. The van der Waals surface area contributed by atoms with E-state index in [0.717, 1.165) is 6.07 Å². The van der Waals surface area contributed by atoms with Crippen molar-refractivity contribution in [2.24, 2.45) is 0 Å². The lowest BCUT2D eigenvalue weighted by Gasteiger charge is -2.31. The summed E-state index contributed by atoms with van der Waals surface area (Å²) in [6, 6.07) is 1.69. The van der Waals surface area contributed by atoms with Crippen molar-refractivity contribution in [1.29, 1.82) is 0 Å². The molecule has 1 aromatic carbocycles. The highest BCUT2D eigenvalue weighted by molar-refractivity contribution is 5.67. The second-order valence-corrected chi connectivity index (χ2v) is 3.92. The van der Waals surface area contributed by atoms with Crippen LogP contribution < -0.4 is 11.1 Å². The van der Waals surface area contributed by atoms with E-state index in [4.69, 9.17) is 5.73 Å². The van der Waals surface area contributed by atoms with Gasteiger partial charge in [-0.05, 0) is 12.5 Å². The first-order valence-electron chi connectivity index (χ1n) is 5.22. The van der Waals surface area contributed by atoms with E-state index in [-0.39, 0.29) is 24.6 Å². The molecular formula is C11H16F2N2O2. The van der Waals surface area contributed by atoms with Crippen molar-refractivity contribution < 1.29 is 19.0 Å². The maximum atomic E-state index is 13.2. The van der Waals surface area contributed by atoms with Gasteiger partial charge in [-0.25, -0.2) is 8.78 Å². The average Bonchev–Trinajstić information content (AvgIpc) is 2.32. The predicted molar refractivity (Wildman–Crippen MR) is 61.6 cm³/mol. The van der Waals surface area contributed by atoms with Crippen LogP contribution in [0.15, 0.2) is 12.1 Å². The molecule has 1 rings (SSSR count). The van der Waals surface area contributed by atoms with E-state index in [1.807, 2.05) is 0 Å². The van der Waals surface area contributed by atoms with Gasteiger partial charge >= 0.3 is 0 Å². The summed E-state index contributed by atoms with van der Waals surface area (Å²) in [7, 11) is 0. The van der Waals surface area contributed by atoms with Gasteiger partial charge in [-0.2, -0.15) is 0 Å². The zero-order chi connectivity index (χ0) is 13.1. The van der Waals surface area contributed by atoms with Gasteiger partial charge in [-0.1, -0.05) is 6.92 Å². The van der Waals surface area contributed by atoms with Gasteiger partial charge in [0.15, 0.2) is 5.82 Å². The third kappa shape index (κ3) is 2.83. The third-order valence-electron chi connectivity index (χ3n) is 2.78. The van der Waals surface area contributed by atoms with Crippen molar-refractivity contribution in [3.63, 3.8) is 0 Å². The summed E-state index contributed by atoms with van der Waals surface area (Å²) >= 11 is 0. The van der Waals surface area contributed by atoms with Gasteiger partial charge in [-0.15, -0.1) is 0 Å². The van der Waals surface area contributed by atoms with Gasteiger partial charge in [0.25, 0.3) is 0 Å². The van der Waals surface area contributed by atoms with Gasteiger partial charge in [0, 0.05) is 6.07 Å². The van der Waals surface area contributed by atoms with Crippen molar-refractivity contribution in [2.45, 2.75) is 18.9 Å². The molecule has 4 nitrogen and oxygen atoms in total. The van der Waals surface area contributed by atoms with E-state index >= 15 is 0 Å². The van der Waals surface area contributed by atoms with Crippen LogP contribution >= 0.6 is 0 Å². The number of hydrogen-bond acceptors (Lipinski definition) is 4. The van der Waals surface area contributed by atoms with Crippen molar-refractivity contribution in [2.75, 3.05) is 24.3 Å². The van der Waals surface area contributed by atoms with Crippen molar-refractivity contribution in [3.8, 4) is 0 Å². The fraction of sp³-hybridized carbons (Fsp3) is 0.455. The van der Waals surface area contributed by atoms with Gasteiger partial charge in [0.05, 0.1) is 30.1 Å². The molecule has 1 aromatic rings. The molecule has 96 valence electrons. The van der Waals surface area contributed by atoms with Crippen LogP contribution in [-0.2, 0) is 0 Å². The van der Waals surface area contributed by atoms with Crippen LogP contribution in [0.1, 0.15) is 13.3 Å². The standard InChI is InChI=1S/C11H16F2N2O2/c1-2-11(5-16,6-17)15-9-4-7(12)3-8(13)10(9)14/h3-4,15-17H,2,5-6,14H2,1H3. The predicted octanol–water partition coefficient (Wildman–Crippen LogP) is 1.09. The molecule has 17 heavy (non-hydrogen) atoms. The number of nitrogen functional groups attached to an aromatic ring is 1. The summed E-state index contributed by atoms with van der Waals surface area (Å²) in [5.41, 5.74) is 4.18. The van der Waals surface area contributed by atoms with Crippen LogP contribution in [0.25, 0.3) is 0 Å². The molecule has 0 aromatic heterocycles. The van der Waals surface area contributed by atoms with Gasteiger partial charge in [0.1, 0.15) is 5.82 Å². The first kappa shape index (κ1) is 13.7. The van der Waals surface area contributed by atoms with E-state index in [1.54, 1.807) is 6.92 Å². The molecule has 0 aliphatic heterocycles. The molecule has 0 fully saturated rings. The highest BCUT2D eigenvalue weighted by Crippen LogP contribution is 2.27. The molecule has 0 atom stereocenters. The topological polar surface area (TPSA) is 78.5 Å². The molecule has 0 bridgehead atoms. The fourth-order valence-electron chi connectivity index (χ4n) is 1.41. The van der Waals surface area contributed by atoms with Crippen LogP contribution in [0.2, 0.25) is 0 Å². The highest BCUT2D eigenvalue weighted by Gasteiger charge is 2.27. The number of anilines is 2. The number of benzene rings is 1. The lowest BCUT2D eigenvalue weighted by molar-refractivity contribution is 0.132. The number of rotatable bonds is 5. The second kappa shape index (κ2) is 5.29.